The van der Waals surface area contributed by atoms with Gasteiger partial charge in [0.05, 0.1) is 24.5 Å². The third-order valence-corrected chi connectivity index (χ3v) is 5.37. The number of carbonyl (C=O) groups is 2. The molecule has 1 saturated heterocycles. The molecule has 0 saturated carbocycles. The molecule has 2 atom stereocenters. The average molecular weight is 377 g/mol. The standard InChI is InChI=1S/C22H23N3O3/c1-15-10-11-18-17(13-15)23-14-25(18)20(16-7-4-3-5-8-16)21(26)24-12-6-9-19(24)22(27)28-2/h3-5,7-8,10-11,13-14,19-20H,6,9,12H2,1-2H3/t19-,20?/m0/s1. The van der Waals surface area contributed by atoms with Crippen LogP contribution in [0.3, 0.4) is 0 Å². The molecule has 0 N–H and O–H groups in total. The van der Waals surface area contributed by atoms with E-state index in [-0.39, 0.29) is 11.9 Å². The van der Waals surface area contributed by atoms with E-state index in [1.807, 2.05) is 60.0 Å². The number of imidazole rings is 1. The molecule has 6 nitrogen and oxygen atoms in total. The minimum absolute atomic E-state index is 0.112. The van der Waals surface area contributed by atoms with E-state index in [4.69, 9.17) is 4.74 Å². The molecule has 3 aromatic rings. The summed E-state index contributed by atoms with van der Waals surface area (Å²) in [4.78, 5) is 32.0. The van der Waals surface area contributed by atoms with E-state index < -0.39 is 12.1 Å². The number of methoxy groups -OCH3 is 1. The Morgan fingerprint density at radius 3 is 2.71 bits per heavy atom. The van der Waals surface area contributed by atoms with Crippen molar-refractivity contribution in [2.24, 2.45) is 0 Å². The molecule has 6 heteroatoms. The predicted octanol–water partition coefficient (Wildman–Crippen LogP) is 3.10. The number of aromatic nitrogens is 2. The SMILES string of the molecule is COC(=O)[C@@H]1CCCN1C(=O)C(c1ccccc1)n1cnc2cc(C)ccc21. The fourth-order valence-electron chi connectivity index (χ4n) is 3.97. The van der Waals surface area contributed by atoms with Crippen LogP contribution in [0.5, 0.6) is 0 Å². The number of rotatable bonds is 4. The summed E-state index contributed by atoms with van der Waals surface area (Å²) in [5.41, 5.74) is 3.72. The quantitative estimate of drug-likeness (QED) is 0.656. The Bertz CT molecular complexity index is 1010. The van der Waals surface area contributed by atoms with Crippen LogP contribution >= 0.6 is 0 Å². The first-order chi connectivity index (χ1) is 13.6. The van der Waals surface area contributed by atoms with Gasteiger partial charge >= 0.3 is 5.97 Å². The van der Waals surface area contributed by atoms with Crippen LogP contribution in [0, 0.1) is 6.92 Å². The lowest BCUT2D eigenvalue weighted by molar-refractivity contribution is -0.151. The van der Waals surface area contributed by atoms with Gasteiger partial charge in [0, 0.05) is 6.54 Å². The Labute approximate surface area is 163 Å². The van der Waals surface area contributed by atoms with Gasteiger partial charge in [-0.05, 0) is 43.0 Å². The van der Waals surface area contributed by atoms with Gasteiger partial charge < -0.3 is 14.2 Å². The zero-order chi connectivity index (χ0) is 19.7. The highest BCUT2D eigenvalue weighted by molar-refractivity contribution is 5.90. The first-order valence-corrected chi connectivity index (χ1v) is 9.46. The van der Waals surface area contributed by atoms with Crippen LogP contribution in [0.4, 0.5) is 0 Å². The fourth-order valence-corrected chi connectivity index (χ4v) is 3.97. The van der Waals surface area contributed by atoms with Crippen molar-refractivity contribution in [3.8, 4) is 0 Å². The first-order valence-electron chi connectivity index (χ1n) is 9.46. The predicted molar refractivity (Wildman–Crippen MR) is 106 cm³/mol. The minimum Gasteiger partial charge on any atom is -0.467 e. The highest BCUT2D eigenvalue weighted by Crippen LogP contribution is 2.29. The second-order valence-corrected chi connectivity index (χ2v) is 7.17. The molecule has 28 heavy (non-hydrogen) atoms. The van der Waals surface area contributed by atoms with Crippen molar-refractivity contribution in [3.63, 3.8) is 0 Å². The second kappa shape index (κ2) is 7.46. The maximum atomic E-state index is 13.7. The summed E-state index contributed by atoms with van der Waals surface area (Å²) in [6.45, 7) is 2.57. The Morgan fingerprint density at radius 2 is 1.96 bits per heavy atom. The average Bonchev–Trinajstić information content (AvgIpc) is 3.36. The maximum absolute atomic E-state index is 13.7. The molecule has 0 spiro atoms. The lowest BCUT2D eigenvalue weighted by atomic mass is 10.0. The summed E-state index contributed by atoms with van der Waals surface area (Å²) in [5, 5.41) is 0. The number of likely N-dealkylation sites (tertiary alicyclic amines) is 1. The molecule has 1 amide bonds. The summed E-state index contributed by atoms with van der Waals surface area (Å²) in [5.74, 6) is -0.470. The summed E-state index contributed by atoms with van der Waals surface area (Å²) in [7, 11) is 1.36. The van der Waals surface area contributed by atoms with Gasteiger partial charge in [-0.15, -0.1) is 0 Å². The van der Waals surface area contributed by atoms with Gasteiger partial charge in [-0.1, -0.05) is 36.4 Å². The second-order valence-electron chi connectivity index (χ2n) is 7.17. The zero-order valence-electron chi connectivity index (χ0n) is 16.0. The van der Waals surface area contributed by atoms with Crippen LogP contribution in [-0.2, 0) is 14.3 Å². The van der Waals surface area contributed by atoms with E-state index in [0.717, 1.165) is 28.6 Å². The number of aryl methyl sites for hydroxylation is 1. The van der Waals surface area contributed by atoms with Gasteiger partial charge in [0.25, 0.3) is 5.91 Å². The van der Waals surface area contributed by atoms with E-state index in [1.165, 1.54) is 7.11 Å². The maximum Gasteiger partial charge on any atom is 0.328 e. The molecule has 4 rings (SSSR count). The van der Waals surface area contributed by atoms with E-state index in [2.05, 4.69) is 4.98 Å². The van der Waals surface area contributed by atoms with Crippen molar-refractivity contribution in [2.75, 3.05) is 13.7 Å². The highest BCUT2D eigenvalue weighted by Gasteiger charge is 2.39. The first kappa shape index (κ1) is 18.2. The molecule has 0 bridgehead atoms. The summed E-state index contributed by atoms with van der Waals surface area (Å²) >= 11 is 0. The molecule has 2 heterocycles. The highest BCUT2D eigenvalue weighted by atomic mass is 16.5. The van der Waals surface area contributed by atoms with Crippen molar-refractivity contribution < 1.29 is 14.3 Å². The molecular formula is C22H23N3O3. The van der Waals surface area contributed by atoms with Gasteiger partial charge in [0.15, 0.2) is 0 Å². The van der Waals surface area contributed by atoms with Crippen LogP contribution in [0.15, 0.2) is 54.9 Å². The molecule has 1 unspecified atom stereocenters. The monoisotopic (exact) mass is 377 g/mol. The van der Waals surface area contributed by atoms with Crippen LogP contribution in [0.25, 0.3) is 11.0 Å². The summed E-state index contributed by atoms with van der Waals surface area (Å²) in [6, 6.07) is 14.5. The number of benzene rings is 2. The number of nitrogens with zero attached hydrogens (tertiary/aromatic N) is 3. The molecule has 1 fully saturated rings. The number of esters is 1. The van der Waals surface area contributed by atoms with Gasteiger partial charge in [0.2, 0.25) is 0 Å². The third-order valence-electron chi connectivity index (χ3n) is 5.37. The van der Waals surface area contributed by atoms with E-state index in [1.54, 1.807) is 11.2 Å². The van der Waals surface area contributed by atoms with E-state index in [9.17, 15) is 9.59 Å². The zero-order valence-corrected chi connectivity index (χ0v) is 16.0. The smallest absolute Gasteiger partial charge is 0.328 e. The van der Waals surface area contributed by atoms with E-state index >= 15 is 0 Å². The van der Waals surface area contributed by atoms with Crippen molar-refractivity contribution in [2.45, 2.75) is 31.8 Å². The molecule has 1 aromatic heterocycles. The molecular weight excluding hydrogens is 354 g/mol. The van der Waals surface area contributed by atoms with Crippen LogP contribution in [0.2, 0.25) is 0 Å². The Kier molecular flexibility index (Phi) is 4.86. The number of ether oxygens (including phenoxy) is 1. The molecule has 0 aliphatic carbocycles. The van der Waals surface area contributed by atoms with Gasteiger partial charge in [-0.2, -0.15) is 0 Å². The van der Waals surface area contributed by atoms with Crippen LogP contribution in [0.1, 0.15) is 30.0 Å². The molecule has 1 aliphatic rings. The number of carbonyl (C=O) groups excluding carboxylic acids is 2. The van der Waals surface area contributed by atoms with Crippen LogP contribution in [-0.4, -0.2) is 46.0 Å². The lowest BCUT2D eigenvalue weighted by Gasteiger charge is -2.28. The number of amides is 1. The van der Waals surface area contributed by atoms with Gasteiger partial charge in [-0.3, -0.25) is 4.79 Å². The van der Waals surface area contributed by atoms with E-state index in [0.29, 0.717) is 13.0 Å². The minimum atomic E-state index is -0.584. The third kappa shape index (κ3) is 3.15. The number of hydrogen-bond donors (Lipinski definition) is 0. The summed E-state index contributed by atoms with van der Waals surface area (Å²) < 4.78 is 6.82. The lowest BCUT2D eigenvalue weighted by Crippen LogP contribution is -2.44. The molecule has 0 radical (unpaired) electrons. The van der Waals surface area contributed by atoms with Crippen molar-refractivity contribution in [1.82, 2.24) is 14.5 Å². The van der Waals surface area contributed by atoms with Gasteiger partial charge in [-0.25, -0.2) is 9.78 Å². The van der Waals surface area contributed by atoms with Crippen molar-refractivity contribution in [3.05, 3.63) is 66.0 Å². The largest absolute Gasteiger partial charge is 0.467 e. The van der Waals surface area contributed by atoms with Gasteiger partial charge in [0.1, 0.15) is 12.1 Å². The Balaban J connectivity index is 1.80. The van der Waals surface area contributed by atoms with Crippen LogP contribution < -0.4 is 0 Å². The number of hydrogen-bond acceptors (Lipinski definition) is 4. The normalized spacial score (nSPS) is 17.6. The van der Waals surface area contributed by atoms with Crippen molar-refractivity contribution in [1.29, 1.82) is 0 Å². The molecule has 144 valence electrons. The molecule has 2 aromatic carbocycles. The van der Waals surface area contributed by atoms with Crippen molar-refractivity contribution >= 4 is 22.9 Å². The Morgan fingerprint density at radius 1 is 1.18 bits per heavy atom. The topological polar surface area (TPSA) is 64.4 Å². The number of fused-ring (bicyclic) bond motifs is 1. The summed E-state index contributed by atoms with van der Waals surface area (Å²) in [6.07, 6.45) is 3.13. The fraction of sp³-hybridized carbons (Fsp3) is 0.318. The Hall–Kier alpha value is -3.15. The molecule has 1 aliphatic heterocycles.